The average molecular weight is 464 g/mol. The summed E-state index contributed by atoms with van der Waals surface area (Å²) in [5, 5.41) is 2.86. The predicted molar refractivity (Wildman–Crippen MR) is 125 cm³/mol. The molecule has 1 atom stereocenters. The number of carbonyl (C=O) groups is 2. The molecule has 1 aliphatic rings. The van der Waals surface area contributed by atoms with Gasteiger partial charge >= 0.3 is 0 Å². The van der Waals surface area contributed by atoms with Crippen LogP contribution in [0.5, 0.6) is 17.2 Å². The molecule has 3 aromatic rings. The van der Waals surface area contributed by atoms with Crippen molar-refractivity contribution >= 4 is 17.5 Å². The van der Waals surface area contributed by atoms with Crippen LogP contribution >= 0.6 is 0 Å². The molecule has 0 unspecified atom stereocenters. The monoisotopic (exact) mass is 464 g/mol. The molecule has 0 radical (unpaired) electrons. The summed E-state index contributed by atoms with van der Waals surface area (Å²) >= 11 is 0. The molecule has 0 spiro atoms. The molecule has 0 aliphatic carbocycles. The Hall–Kier alpha value is -4.07. The summed E-state index contributed by atoms with van der Waals surface area (Å²) in [6.07, 6.45) is -0.724. The molecule has 1 N–H and O–H groups in total. The maximum Gasteiger partial charge on any atom is 0.263 e. The first kappa shape index (κ1) is 23.1. The molecule has 1 aliphatic heterocycles. The number of hydrogen-bond acceptors (Lipinski definition) is 5. The van der Waals surface area contributed by atoms with Crippen molar-refractivity contribution in [2.75, 3.05) is 19.5 Å². The smallest absolute Gasteiger partial charge is 0.263 e. The van der Waals surface area contributed by atoms with Crippen molar-refractivity contribution in [2.45, 2.75) is 26.1 Å². The van der Waals surface area contributed by atoms with Gasteiger partial charge in [0, 0.05) is 41.5 Å². The van der Waals surface area contributed by atoms with Crippen molar-refractivity contribution in [3.8, 4) is 17.2 Å². The first-order valence-electron chi connectivity index (χ1n) is 10.7. The third-order valence-electron chi connectivity index (χ3n) is 5.58. The van der Waals surface area contributed by atoms with Gasteiger partial charge in [0.15, 0.2) is 6.10 Å². The van der Waals surface area contributed by atoms with E-state index in [4.69, 9.17) is 14.2 Å². The standard InChI is InChI=1S/C26H25FN2O5/c1-16-26(31)29(14-17-6-4-5-7-23(17)27)15-19-10-20(8-9-24(19)34-16)28-25(30)18-11-21(32-2)13-22(12-18)33-3/h4-13,16H,14-15H2,1-3H3,(H,28,30)/t16-/m1/s1. The second-order valence-corrected chi connectivity index (χ2v) is 7.92. The van der Waals surface area contributed by atoms with Crippen molar-refractivity contribution in [1.82, 2.24) is 4.90 Å². The van der Waals surface area contributed by atoms with Crippen LogP contribution in [-0.2, 0) is 17.9 Å². The van der Waals surface area contributed by atoms with Gasteiger partial charge in [-0.3, -0.25) is 9.59 Å². The van der Waals surface area contributed by atoms with Crippen molar-refractivity contribution in [2.24, 2.45) is 0 Å². The molecule has 1 heterocycles. The highest BCUT2D eigenvalue weighted by atomic mass is 19.1. The second kappa shape index (κ2) is 9.82. The Bertz CT molecular complexity index is 1210. The zero-order valence-corrected chi connectivity index (χ0v) is 19.1. The quantitative estimate of drug-likeness (QED) is 0.585. The number of methoxy groups -OCH3 is 2. The number of ether oxygens (including phenoxy) is 3. The third-order valence-corrected chi connectivity index (χ3v) is 5.58. The lowest BCUT2D eigenvalue weighted by molar-refractivity contribution is -0.138. The normalized spacial score (nSPS) is 15.1. The van der Waals surface area contributed by atoms with E-state index >= 15 is 0 Å². The molecule has 0 fully saturated rings. The van der Waals surface area contributed by atoms with Gasteiger partial charge < -0.3 is 24.4 Å². The van der Waals surface area contributed by atoms with Crippen molar-refractivity contribution < 1.29 is 28.2 Å². The molecule has 7 nitrogen and oxygen atoms in total. The third kappa shape index (κ3) is 4.96. The molecular formula is C26H25FN2O5. The Morgan fingerprint density at radius 1 is 1.09 bits per heavy atom. The zero-order valence-electron chi connectivity index (χ0n) is 19.1. The maximum atomic E-state index is 14.2. The summed E-state index contributed by atoms with van der Waals surface area (Å²) in [6.45, 7) is 1.99. The van der Waals surface area contributed by atoms with Gasteiger partial charge in [0.25, 0.3) is 11.8 Å². The number of anilines is 1. The van der Waals surface area contributed by atoms with Gasteiger partial charge in [0.1, 0.15) is 23.1 Å². The van der Waals surface area contributed by atoms with Crippen LogP contribution in [0.1, 0.15) is 28.4 Å². The minimum Gasteiger partial charge on any atom is -0.497 e. The van der Waals surface area contributed by atoms with E-state index in [-0.39, 0.29) is 30.7 Å². The molecule has 0 bridgehead atoms. The largest absolute Gasteiger partial charge is 0.497 e. The van der Waals surface area contributed by atoms with Gasteiger partial charge in [-0.05, 0) is 43.3 Å². The molecule has 0 saturated heterocycles. The minimum atomic E-state index is -0.724. The maximum absolute atomic E-state index is 14.2. The topological polar surface area (TPSA) is 77.1 Å². The van der Waals surface area contributed by atoms with Gasteiger partial charge in [-0.25, -0.2) is 4.39 Å². The number of rotatable bonds is 6. The number of nitrogens with one attached hydrogen (secondary N) is 1. The number of halogens is 1. The van der Waals surface area contributed by atoms with E-state index < -0.39 is 6.10 Å². The number of nitrogens with zero attached hydrogens (tertiary/aromatic N) is 1. The molecule has 2 amide bonds. The SMILES string of the molecule is COc1cc(OC)cc(C(=O)Nc2ccc3c(c2)CN(Cc2ccccc2F)C(=O)[C@@H](C)O3)c1. The molecular weight excluding hydrogens is 439 g/mol. The van der Waals surface area contributed by atoms with Crippen molar-refractivity contribution in [3.63, 3.8) is 0 Å². The van der Waals surface area contributed by atoms with Crippen molar-refractivity contribution in [1.29, 1.82) is 0 Å². The summed E-state index contributed by atoms with van der Waals surface area (Å²) in [6, 6.07) is 16.4. The Morgan fingerprint density at radius 2 is 1.79 bits per heavy atom. The van der Waals surface area contributed by atoms with Crippen LogP contribution < -0.4 is 19.5 Å². The first-order valence-corrected chi connectivity index (χ1v) is 10.7. The first-order chi connectivity index (χ1) is 16.4. The van der Waals surface area contributed by atoms with Crippen molar-refractivity contribution in [3.05, 3.63) is 83.2 Å². The van der Waals surface area contributed by atoms with E-state index in [0.29, 0.717) is 39.6 Å². The van der Waals surface area contributed by atoms with Gasteiger partial charge in [-0.15, -0.1) is 0 Å². The fourth-order valence-corrected chi connectivity index (χ4v) is 3.79. The molecule has 0 saturated carbocycles. The van der Waals surface area contributed by atoms with Crippen LogP contribution in [0.25, 0.3) is 0 Å². The number of benzene rings is 3. The number of carbonyl (C=O) groups excluding carboxylic acids is 2. The summed E-state index contributed by atoms with van der Waals surface area (Å²) in [7, 11) is 3.02. The highest BCUT2D eigenvalue weighted by Crippen LogP contribution is 2.30. The van der Waals surface area contributed by atoms with Gasteiger partial charge in [-0.1, -0.05) is 18.2 Å². The van der Waals surface area contributed by atoms with Crippen LogP contribution in [0.4, 0.5) is 10.1 Å². The Labute approximate surface area is 197 Å². The Kier molecular flexibility index (Phi) is 6.67. The molecule has 34 heavy (non-hydrogen) atoms. The molecule has 3 aromatic carbocycles. The van der Waals surface area contributed by atoms with Crippen LogP contribution in [0.15, 0.2) is 60.7 Å². The van der Waals surface area contributed by atoms with E-state index in [0.717, 1.165) is 0 Å². The molecule has 8 heteroatoms. The predicted octanol–water partition coefficient (Wildman–Crippen LogP) is 4.40. The van der Waals surface area contributed by atoms with Crippen LogP contribution in [0.2, 0.25) is 0 Å². The van der Waals surface area contributed by atoms with E-state index in [1.165, 1.54) is 20.3 Å². The molecule has 176 valence electrons. The lowest BCUT2D eigenvalue weighted by Gasteiger charge is -2.22. The highest BCUT2D eigenvalue weighted by molar-refractivity contribution is 6.05. The average Bonchev–Trinajstić information content (AvgIpc) is 2.96. The Balaban J connectivity index is 1.58. The number of hydrogen-bond donors (Lipinski definition) is 1. The molecule has 4 rings (SSSR count). The summed E-state index contributed by atoms with van der Waals surface area (Å²) < 4.78 is 30.5. The van der Waals surface area contributed by atoms with E-state index in [1.807, 2.05) is 0 Å². The van der Waals surface area contributed by atoms with Crippen LogP contribution in [-0.4, -0.2) is 37.0 Å². The summed E-state index contributed by atoms with van der Waals surface area (Å²) in [5.41, 5.74) is 2.02. The van der Waals surface area contributed by atoms with Gasteiger partial charge in [0.2, 0.25) is 0 Å². The van der Waals surface area contributed by atoms with E-state index in [1.54, 1.807) is 66.4 Å². The summed E-state index contributed by atoms with van der Waals surface area (Å²) in [4.78, 5) is 27.3. The fraction of sp³-hybridized carbons (Fsp3) is 0.231. The van der Waals surface area contributed by atoms with Gasteiger partial charge in [-0.2, -0.15) is 0 Å². The fourth-order valence-electron chi connectivity index (χ4n) is 3.79. The number of amides is 2. The lowest BCUT2D eigenvalue weighted by Crippen LogP contribution is -2.37. The van der Waals surface area contributed by atoms with E-state index in [9.17, 15) is 14.0 Å². The Morgan fingerprint density at radius 3 is 2.47 bits per heavy atom. The zero-order chi connectivity index (χ0) is 24.2. The minimum absolute atomic E-state index is 0.110. The van der Waals surface area contributed by atoms with Gasteiger partial charge in [0.05, 0.1) is 14.2 Å². The second-order valence-electron chi connectivity index (χ2n) is 7.92. The highest BCUT2D eigenvalue weighted by Gasteiger charge is 2.28. The lowest BCUT2D eigenvalue weighted by atomic mass is 10.1. The number of fused-ring (bicyclic) bond motifs is 1. The van der Waals surface area contributed by atoms with E-state index in [2.05, 4.69) is 5.32 Å². The van der Waals surface area contributed by atoms with Crippen LogP contribution in [0.3, 0.4) is 0 Å². The van der Waals surface area contributed by atoms with Crippen LogP contribution in [0, 0.1) is 5.82 Å². The molecule has 0 aromatic heterocycles. The summed E-state index contributed by atoms with van der Waals surface area (Å²) in [5.74, 6) is 0.570.